The molecule has 3 aromatic carbocycles. The van der Waals surface area contributed by atoms with E-state index in [1.165, 1.54) is 0 Å². The molecule has 0 aliphatic carbocycles. The summed E-state index contributed by atoms with van der Waals surface area (Å²) < 4.78 is 30.5. The molecular formula is C30H29FN2O4. The van der Waals surface area contributed by atoms with Crippen molar-refractivity contribution in [1.82, 2.24) is 4.90 Å². The van der Waals surface area contributed by atoms with Gasteiger partial charge in [0.1, 0.15) is 41.8 Å². The van der Waals surface area contributed by atoms with E-state index in [1.807, 2.05) is 43.3 Å². The van der Waals surface area contributed by atoms with Crippen LogP contribution in [-0.2, 0) is 0 Å². The van der Waals surface area contributed by atoms with Crippen molar-refractivity contribution in [2.45, 2.75) is 13.0 Å². The highest BCUT2D eigenvalue weighted by atomic mass is 19.1. The summed E-state index contributed by atoms with van der Waals surface area (Å²) in [7, 11) is 1.55. The summed E-state index contributed by atoms with van der Waals surface area (Å²) in [6, 6.07) is 20.6. The maximum absolute atomic E-state index is 12.6. The highest BCUT2D eigenvalue weighted by molar-refractivity contribution is 5.96. The Balaban J connectivity index is 1.42. The van der Waals surface area contributed by atoms with Crippen molar-refractivity contribution in [2.24, 2.45) is 5.92 Å². The second kappa shape index (κ2) is 10.5. The van der Waals surface area contributed by atoms with Crippen LogP contribution in [0.1, 0.15) is 35.3 Å². The second-order valence-electron chi connectivity index (χ2n) is 9.44. The fourth-order valence-corrected chi connectivity index (χ4v) is 4.98. The van der Waals surface area contributed by atoms with E-state index in [0.29, 0.717) is 23.7 Å². The number of hydrogen-bond acceptors (Lipinski definition) is 6. The molecule has 0 aromatic heterocycles. The SMILES string of the molecule is COc1cc(C2=C(C)c3cc(O)ccc3O[C@@H]2c2ccc(OCCN3CC(CF)C3)cc2)ccc1C#N. The van der Waals surface area contributed by atoms with Crippen molar-refractivity contribution in [2.75, 3.05) is 40.0 Å². The van der Waals surface area contributed by atoms with Gasteiger partial charge >= 0.3 is 0 Å². The number of nitriles is 1. The number of alkyl halides is 1. The first kappa shape index (κ1) is 24.7. The largest absolute Gasteiger partial charge is 0.508 e. The standard InChI is InChI=1S/C30H29FN2O4/c1-19-26-14-24(34)7-10-27(26)37-30(29(19)22-3-4-23(16-32)28(13-22)35-2)21-5-8-25(9-6-21)36-12-11-33-17-20(15-31)18-33/h3-10,13-14,20,30,34H,11-12,15,17-18H2,1-2H3/t30-/m1/s1. The lowest BCUT2D eigenvalue weighted by Gasteiger charge is -2.37. The van der Waals surface area contributed by atoms with Gasteiger partial charge in [-0.1, -0.05) is 18.2 Å². The predicted octanol–water partition coefficient (Wildman–Crippen LogP) is 5.62. The van der Waals surface area contributed by atoms with Crippen LogP contribution in [0.25, 0.3) is 11.1 Å². The molecule has 1 atom stereocenters. The maximum atomic E-state index is 12.6. The number of ether oxygens (including phenoxy) is 3. The van der Waals surface area contributed by atoms with Crippen molar-refractivity contribution in [3.63, 3.8) is 0 Å². The van der Waals surface area contributed by atoms with Crippen LogP contribution in [-0.4, -0.2) is 50.0 Å². The van der Waals surface area contributed by atoms with Gasteiger partial charge in [0.15, 0.2) is 0 Å². The lowest BCUT2D eigenvalue weighted by atomic mass is 9.85. The predicted molar refractivity (Wildman–Crippen MR) is 140 cm³/mol. The summed E-state index contributed by atoms with van der Waals surface area (Å²) in [4.78, 5) is 2.19. The number of allylic oxidation sites excluding steroid dienone is 1. The van der Waals surface area contributed by atoms with Gasteiger partial charge in [-0.15, -0.1) is 0 Å². The van der Waals surface area contributed by atoms with Crippen LogP contribution >= 0.6 is 0 Å². The number of fused-ring (bicyclic) bond motifs is 1. The van der Waals surface area contributed by atoms with E-state index in [1.54, 1.807) is 31.4 Å². The minimum absolute atomic E-state index is 0.164. The number of phenols is 1. The molecule has 1 fully saturated rings. The molecule has 0 spiro atoms. The Morgan fingerprint density at radius 2 is 1.89 bits per heavy atom. The van der Waals surface area contributed by atoms with Gasteiger partial charge in [0.25, 0.3) is 0 Å². The number of benzene rings is 3. The van der Waals surface area contributed by atoms with E-state index in [2.05, 4.69) is 11.0 Å². The summed E-state index contributed by atoms with van der Waals surface area (Å²) in [6.07, 6.45) is -0.414. The summed E-state index contributed by atoms with van der Waals surface area (Å²) in [5.41, 5.74) is 4.97. The number of hydrogen-bond donors (Lipinski definition) is 1. The van der Waals surface area contributed by atoms with E-state index in [0.717, 1.165) is 53.2 Å². The molecule has 37 heavy (non-hydrogen) atoms. The van der Waals surface area contributed by atoms with E-state index in [-0.39, 0.29) is 18.3 Å². The zero-order valence-corrected chi connectivity index (χ0v) is 20.9. The molecule has 1 saturated heterocycles. The smallest absolute Gasteiger partial charge is 0.150 e. The lowest BCUT2D eigenvalue weighted by Crippen LogP contribution is -2.49. The Morgan fingerprint density at radius 1 is 1.11 bits per heavy atom. The van der Waals surface area contributed by atoms with Crippen LogP contribution in [0.4, 0.5) is 4.39 Å². The van der Waals surface area contributed by atoms with Crippen LogP contribution < -0.4 is 14.2 Å². The summed E-state index contributed by atoms with van der Waals surface area (Å²) in [6.45, 7) is 4.68. The molecule has 0 amide bonds. The minimum Gasteiger partial charge on any atom is -0.508 e. The van der Waals surface area contributed by atoms with Gasteiger partial charge in [0.05, 0.1) is 19.3 Å². The fourth-order valence-electron chi connectivity index (χ4n) is 4.98. The van der Waals surface area contributed by atoms with E-state index in [9.17, 15) is 14.8 Å². The van der Waals surface area contributed by atoms with Gasteiger partial charge in [-0.3, -0.25) is 9.29 Å². The molecule has 1 N–H and O–H groups in total. The van der Waals surface area contributed by atoms with E-state index >= 15 is 0 Å². The molecular weight excluding hydrogens is 471 g/mol. The molecule has 3 aromatic rings. The molecule has 190 valence electrons. The molecule has 0 saturated carbocycles. The maximum Gasteiger partial charge on any atom is 0.150 e. The molecule has 0 unspecified atom stereocenters. The van der Waals surface area contributed by atoms with Crippen LogP contribution in [0.5, 0.6) is 23.0 Å². The van der Waals surface area contributed by atoms with Gasteiger partial charge in [-0.25, -0.2) is 0 Å². The van der Waals surface area contributed by atoms with Crippen molar-refractivity contribution < 1.29 is 23.7 Å². The Labute approximate surface area is 216 Å². The third-order valence-corrected chi connectivity index (χ3v) is 7.02. The lowest BCUT2D eigenvalue weighted by molar-refractivity contribution is 0.0668. The number of aromatic hydroxyl groups is 1. The van der Waals surface area contributed by atoms with Gasteiger partial charge in [0.2, 0.25) is 0 Å². The van der Waals surface area contributed by atoms with Gasteiger partial charge in [0, 0.05) is 36.7 Å². The average molecular weight is 501 g/mol. The Kier molecular flexibility index (Phi) is 7.02. The highest BCUT2D eigenvalue weighted by Gasteiger charge is 2.30. The van der Waals surface area contributed by atoms with Gasteiger partial charge < -0.3 is 19.3 Å². The molecule has 0 radical (unpaired) electrons. The highest BCUT2D eigenvalue weighted by Crippen LogP contribution is 2.48. The van der Waals surface area contributed by atoms with E-state index in [4.69, 9.17) is 14.2 Å². The number of halogens is 1. The number of likely N-dealkylation sites (tertiary alicyclic amines) is 1. The molecule has 2 aliphatic heterocycles. The number of methoxy groups -OCH3 is 1. The minimum atomic E-state index is -0.414. The Morgan fingerprint density at radius 3 is 2.59 bits per heavy atom. The normalized spacial score (nSPS) is 17.4. The van der Waals surface area contributed by atoms with Crippen molar-refractivity contribution in [3.05, 3.63) is 82.9 Å². The fraction of sp³-hybridized carbons (Fsp3) is 0.300. The van der Waals surface area contributed by atoms with Crippen LogP contribution in [0.3, 0.4) is 0 Å². The van der Waals surface area contributed by atoms with Crippen LogP contribution in [0.15, 0.2) is 60.7 Å². The summed E-state index contributed by atoms with van der Waals surface area (Å²) in [5, 5.41) is 19.5. The first-order valence-corrected chi connectivity index (χ1v) is 12.3. The van der Waals surface area contributed by atoms with Crippen LogP contribution in [0, 0.1) is 17.2 Å². The molecule has 5 rings (SSSR count). The Hall–Kier alpha value is -4.02. The molecule has 7 heteroatoms. The number of rotatable bonds is 8. The zero-order chi connectivity index (χ0) is 25.9. The zero-order valence-electron chi connectivity index (χ0n) is 20.9. The van der Waals surface area contributed by atoms with Gasteiger partial charge in [-0.2, -0.15) is 5.26 Å². The number of phenolic OH excluding ortho intramolecular Hbond substituents is 1. The van der Waals surface area contributed by atoms with Crippen LogP contribution in [0.2, 0.25) is 0 Å². The quantitative estimate of drug-likeness (QED) is 0.433. The van der Waals surface area contributed by atoms with Crippen molar-refractivity contribution in [1.29, 1.82) is 5.26 Å². The first-order chi connectivity index (χ1) is 18.0. The summed E-state index contributed by atoms with van der Waals surface area (Å²) in [5.74, 6) is 2.27. The van der Waals surface area contributed by atoms with Crippen molar-refractivity contribution >= 4 is 11.1 Å². The molecule has 2 aliphatic rings. The molecule has 0 bridgehead atoms. The molecule has 2 heterocycles. The molecule has 6 nitrogen and oxygen atoms in total. The van der Waals surface area contributed by atoms with Crippen molar-refractivity contribution in [3.8, 4) is 29.1 Å². The first-order valence-electron chi connectivity index (χ1n) is 12.3. The third-order valence-electron chi connectivity index (χ3n) is 7.02. The number of nitrogens with zero attached hydrogens (tertiary/aromatic N) is 2. The van der Waals surface area contributed by atoms with E-state index < -0.39 is 6.10 Å². The second-order valence-corrected chi connectivity index (χ2v) is 9.44. The average Bonchev–Trinajstić information content (AvgIpc) is 2.90. The third kappa shape index (κ3) is 4.98. The Bertz CT molecular complexity index is 1360. The summed E-state index contributed by atoms with van der Waals surface area (Å²) >= 11 is 0. The monoisotopic (exact) mass is 500 g/mol. The topological polar surface area (TPSA) is 75.0 Å². The van der Waals surface area contributed by atoms with Gasteiger partial charge in [-0.05, 0) is 66.1 Å².